The van der Waals surface area contributed by atoms with E-state index in [0.717, 1.165) is 30.4 Å². The molecule has 2 rings (SSSR count). The van der Waals surface area contributed by atoms with Gasteiger partial charge in [-0.25, -0.2) is 13.6 Å². The molecule has 5 nitrogen and oxygen atoms in total. The predicted molar refractivity (Wildman–Crippen MR) is 103 cm³/mol. The maximum Gasteiger partial charge on any atom is 0.328 e. The highest BCUT2D eigenvalue weighted by molar-refractivity contribution is 7.80. The van der Waals surface area contributed by atoms with Gasteiger partial charge in [0.25, 0.3) is 0 Å². The van der Waals surface area contributed by atoms with Crippen molar-refractivity contribution >= 4 is 29.1 Å². The first-order valence-electron chi connectivity index (χ1n) is 8.73. The smallest absolute Gasteiger partial charge is 0.328 e. The topological polar surface area (TPSA) is 58.6 Å². The van der Waals surface area contributed by atoms with Gasteiger partial charge in [0.15, 0.2) is 11.6 Å². The Morgan fingerprint density at radius 2 is 2.00 bits per heavy atom. The Morgan fingerprint density at radius 3 is 2.48 bits per heavy atom. The van der Waals surface area contributed by atoms with Gasteiger partial charge < -0.3 is 15.0 Å². The molecule has 0 saturated carbocycles. The summed E-state index contributed by atoms with van der Waals surface area (Å²) in [5, 5.41) is 2.52. The number of carbonyl (C=O) groups excluding carboxylic acids is 2. The van der Waals surface area contributed by atoms with E-state index in [1.807, 2.05) is 18.7 Å². The standard InChI is InChI=1S/C11H11F2NS.C8H15NO3/c12-9-4-1-3-8(11(9)13)7-14-6-2-5-10(14)15;1-5(2)7(8(11)12-4)9-6(3)10/h1,3-4H,2,5-7H2;5,7H,1-4H3,(H,9,10). The van der Waals surface area contributed by atoms with Crippen molar-refractivity contribution in [1.82, 2.24) is 10.2 Å². The molecular formula is C19H26F2N2O3S. The van der Waals surface area contributed by atoms with Gasteiger partial charge in [0.2, 0.25) is 5.91 Å². The van der Waals surface area contributed by atoms with E-state index in [1.54, 1.807) is 6.07 Å². The molecule has 1 aliphatic rings. The minimum absolute atomic E-state index is 0.0429. The van der Waals surface area contributed by atoms with Gasteiger partial charge in [-0.05, 0) is 24.8 Å². The number of amides is 1. The van der Waals surface area contributed by atoms with Gasteiger partial charge in [0.05, 0.1) is 12.1 Å². The van der Waals surface area contributed by atoms with Crippen LogP contribution in [0.2, 0.25) is 0 Å². The number of thiocarbonyl (C=S) groups is 1. The number of esters is 1. The first-order chi connectivity index (χ1) is 12.7. The number of nitrogens with zero attached hydrogens (tertiary/aromatic N) is 1. The molecule has 1 heterocycles. The molecule has 8 heteroatoms. The molecule has 1 amide bonds. The monoisotopic (exact) mass is 400 g/mol. The molecular weight excluding hydrogens is 374 g/mol. The van der Waals surface area contributed by atoms with Crippen molar-refractivity contribution in [3.05, 3.63) is 35.4 Å². The van der Waals surface area contributed by atoms with Crippen LogP contribution in [0.15, 0.2) is 18.2 Å². The zero-order valence-electron chi connectivity index (χ0n) is 16.1. The highest BCUT2D eigenvalue weighted by atomic mass is 32.1. The van der Waals surface area contributed by atoms with Crippen molar-refractivity contribution in [2.75, 3.05) is 13.7 Å². The quantitative estimate of drug-likeness (QED) is 0.608. The van der Waals surface area contributed by atoms with Crippen LogP contribution in [0.1, 0.15) is 39.2 Å². The van der Waals surface area contributed by atoms with Crippen LogP contribution >= 0.6 is 12.2 Å². The van der Waals surface area contributed by atoms with Gasteiger partial charge in [-0.15, -0.1) is 0 Å². The Hall–Kier alpha value is -2.09. The number of benzene rings is 1. The zero-order valence-corrected chi connectivity index (χ0v) is 16.9. The fourth-order valence-electron chi connectivity index (χ4n) is 2.59. The number of nitrogens with one attached hydrogen (secondary N) is 1. The van der Waals surface area contributed by atoms with Gasteiger partial charge in [-0.2, -0.15) is 0 Å². The van der Waals surface area contributed by atoms with Gasteiger partial charge >= 0.3 is 5.97 Å². The maximum absolute atomic E-state index is 13.3. The van der Waals surface area contributed by atoms with Crippen LogP contribution in [-0.4, -0.2) is 41.5 Å². The van der Waals surface area contributed by atoms with E-state index >= 15 is 0 Å². The van der Waals surface area contributed by atoms with Crippen LogP contribution in [0, 0.1) is 17.6 Å². The average Bonchev–Trinajstić information content (AvgIpc) is 3.01. The van der Waals surface area contributed by atoms with E-state index in [0.29, 0.717) is 12.1 Å². The molecule has 0 radical (unpaired) electrons. The largest absolute Gasteiger partial charge is 0.467 e. The molecule has 0 aliphatic carbocycles. The third-order valence-electron chi connectivity index (χ3n) is 4.04. The van der Waals surface area contributed by atoms with Crippen molar-refractivity contribution in [2.24, 2.45) is 5.92 Å². The summed E-state index contributed by atoms with van der Waals surface area (Å²) in [4.78, 5) is 24.5. The molecule has 150 valence electrons. The third-order valence-corrected chi connectivity index (χ3v) is 4.51. The third kappa shape index (κ3) is 7.21. The minimum Gasteiger partial charge on any atom is -0.467 e. The first kappa shape index (κ1) is 23.0. The van der Waals surface area contributed by atoms with E-state index in [1.165, 1.54) is 20.1 Å². The number of likely N-dealkylation sites (tertiary alicyclic amines) is 1. The highest BCUT2D eigenvalue weighted by Gasteiger charge is 2.23. The second-order valence-electron chi connectivity index (χ2n) is 6.58. The lowest BCUT2D eigenvalue weighted by Crippen LogP contribution is -2.44. The second kappa shape index (κ2) is 10.9. The van der Waals surface area contributed by atoms with Crippen LogP contribution in [0.25, 0.3) is 0 Å². The molecule has 1 saturated heterocycles. The lowest BCUT2D eigenvalue weighted by atomic mass is 10.1. The molecule has 0 aromatic heterocycles. The Balaban J connectivity index is 0.000000279. The van der Waals surface area contributed by atoms with Gasteiger partial charge in [-0.1, -0.05) is 38.2 Å². The lowest BCUT2D eigenvalue weighted by Gasteiger charge is -2.18. The Labute approximate surface area is 164 Å². The summed E-state index contributed by atoms with van der Waals surface area (Å²) in [5.74, 6) is -2.13. The number of rotatable bonds is 5. The SMILES string of the molecule is COC(=O)C(NC(C)=O)C(C)C.Fc1cccc(CN2CCCC2=S)c1F. The van der Waals surface area contributed by atoms with Crippen LogP contribution in [0.5, 0.6) is 0 Å². The molecule has 0 spiro atoms. The van der Waals surface area contributed by atoms with Crippen molar-refractivity contribution in [3.8, 4) is 0 Å². The zero-order chi connectivity index (χ0) is 20.6. The van der Waals surface area contributed by atoms with Gasteiger partial charge in [-0.3, -0.25) is 4.79 Å². The van der Waals surface area contributed by atoms with Crippen LogP contribution in [-0.2, 0) is 20.9 Å². The molecule has 27 heavy (non-hydrogen) atoms. The Morgan fingerprint density at radius 1 is 1.33 bits per heavy atom. The van der Waals surface area contributed by atoms with Crippen LogP contribution < -0.4 is 5.32 Å². The fraction of sp³-hybridized carbons (Fsp3) is 0.526. The highest BCUT2D eigenvalue weighted by Crippen LogP contribution is 2.18. The minimum atomic E-state index is -0.794. The van der Waals surface area contributed by atoms with Gasteiger partial charge in [0, 0.05) is 25.6 Å². The number of ether oxygens (including phenoxy) is 1. The summed E-state index contributed by atoms with van der Waals surface area (Å²) in [5.41, 5.74) is 0.374. The molecule has 0 bridgehead atoms. The molecule has 1 aromatic rings. The van der Waals surface area contributed by atoms with E-state index in [9.17, 15) is 18.4 Å². The Kier molecular flexibility index (Phi) is 9.28. The summed E-state index contributed by atoms with van der Waals surface area (Å²) in [6, 6.07) is 3.71. The summed E-state index contributed by atoms with van der Waals surface area (Å²) in [6.07, 6.45) is 1.89. The van der Waals surface area contributed by atoms with Crippen molar-refractivity contribution in [3.63, 3.8) is 0 Å². The molecule has 1 aliphatic heterocycles. The average molecular weight is 400 g/mol. The summed E-state index contributed by atoms with van der Waals surface area (Å²) < 4.78 is 30.8. The summed E-state index contributed by atoms with van der Waals surface area (Å²) in [6.45, 7) is 6.28. The fourth-order valence-corrected chi connectivity index (χ4v) is 2.89. The molecule has 1 unspecified atom stereocenters. The normalized spacial score (nSPS) is 14.5. The van der Waals surface area contributed by atoms with Crippen LogP contribution in [0.4, 0.5) is 8.78 Å². The summed E-state index contributed by atoms with van der Waals surface area (Å²) >= 11 is 5.13. The Bertz CT molecular complexity index is 683. The van der Waals surface area contributed by atoms with Gasteiger partial charge in [0.1, 0.15) is 6.04 Å². The number of methoxy groups -OCH3 is 1. The first-order valence-corrected chi connectivity index (χ1v) is 9.13. The predicted octanol–water partition coefficient (Wildman–Crippen LogP) is 3.21. The molecule has 1 atom stereocenters. The van der Waals surface area contributed by atoms with E-state index in [-0.39, 0.29) is 11.8 Å². The number of halogens is 2. The van der Waals surface area contributed by atoms with E-state index < -0.39 is 23.6 Å². The van der Waals surface area contributed by atoms with E-state index in [4.69, 9.17) is 12.2 Å². The molecule has 1 N–H and O–H groups in total. The van der Waals surface area contributed by atoms with Crippen molar-refractivity contribution in [1.29, 1.82) is 0 Å². The lowest BCUT2D eigenvalue weighted by molar-refractivity contribution is -0.146. The van der Waals surface area contributed by atoms with Crippen molar-refractivity contribution < 1.29 is 23.1 Å². The second-order valence-corrected chi connectivity index (χ2v) is 7.05. The number of hydrogen-bond acceptors (Lipinski definition) is 4. The summed E-state index contributed by atoms with van der Waals surface area (Å²) in [7, 11) is 1.31. The van der Waals surface area contributed by atoms with Crippen molar-refractivity contribution in [2.45, 2.75) is 46.2 Å². The number of hydrogen-bond donors (Lipinski definition) is 1. The molecule has 1 fully saturated rings. The molecule has 1 aromatic carbocycles. The van der Waals surface area contributed by atoms with Crippen LogP contribution in [0.3, 0.4) is 0 Å². The maximum atomic E-state index is 13.3. The van der Waals surface area contributed by atoms with E-state index in [2.05, 4.69) is 10.1 Å². The number of carbonyl (C=O) groups is 2.